The van der Waals surface area contributed by atoms with Gasteiger partial charge in [0.25, 0.3) is 0 Å². The van der Waals surface area contributed by atoms with Gasteiger partial charge in [0.2, 0.25) is 0 Å². The number of rotatable bonds is 2. The molecule has 3 heterocycles. The number of fused-ring (bicyclic) bond motifs is 9. The maximum Gasteiger partial charge on any atom is 0.0620 e. The second-order valence-corrected chi connectivity index (χ2v) is 9.03. The maximum atomic E-state index is 2.46. The van der Waals surface area contributed by atoms with E-state index in [0.717, 1.165) is 6.54 Å². The van der Waals surface area contributed by atoms with E-state index in [0.29, 0.717) is 0 Å². The van der Waals surface area contributed by atoms with Crippen LogP contribution in [0, 0.1) is 0 Å². The molecule has 154 valence electrons. The molecular formula is C31H20N2. The van der Waals surface area contributed by atoms with Crippen molar-refractivity contribution in [3.05, 3.63) is 115 Å². The van der Waals surface area contributed by atoms with Crippen molar-refractivity contribution in [1.82, 2.24) is 8.97 Å². The van der Waals surface area contributed by atoms with Gasteiger partial charge in [-0.05, 0) is 29.8 Å². The average molecular weight is 421 g/mol. The zero-order chi connectivity index (χ0) is 21.5. The van der Waals surface area contributed by atoms with Crippen molar-refractivity contribution in [2.45, 2.75) is 6.54 Å². The Hall–Kier alpha value is -4.30. The molecule has 0 aliphatic heterocycles. The van der Waals surface area contributed by atoms with E-state index in [1.54, 1.807) is 0 Å². The third-order valence-electron chi connectivity index (χ3n) is 7.31. The van der Waals surface area contributed by atoms with Crippen LogP contribution in [0.5, 0.6) is 0 Å². The van der Waals surface area contributed by atoms with Gasteiger partial charge >= 0.3 is 0 Å². The Morgan fingerprint density at radius 2 is 0.939 bits per heavy atom. The summed E-state index contributed by atoms with van der Waals surface area (Å²) in [5, 5.41) is 7.96. The highest BCUT2D eigenvalue weighted by Gasteiger charge is 2.17. The lowest BCUT2D eigenvalue weighted by molar-refractivity contribution is 0.870. The van der Waals surface area contributed by atoms with Crippen LogP contribution in [-0.4, -0.2) is 8.97 Å². The highest BCUT2D eigenvalue weighted by molar-refractivity contribution is 6.23. The molecule has 0 spiro atoms. The first-order valence-corrected chi connectivity index (χ1v) is 11.5. The molecule has 0 saturated heterocycles. The highest BCUT2D eigenvalue weighted by Crippen LogP contribution is 2.39. The van der Waals surface area contributed by atoms with E-state index in [1.807, 2.05) is 0 Å². The van der Waals surface area contributed by atoms with Gasteiger partial charge in [0.05, 0.1) is 16.6 Å². The van der Waals surface area contributed by atoms with Gasteiger partial charge in [-0.15, -0.1) is 0 Å². The van der Waals surface area contributed by atoms with Crippen molar-refractivity contribution in [1.29, 1.82) is 0 Å². The molecule has 5 aromatic carbocycles. The predicted molar refractivity (Wildman–Crippen MR) is 140 cm³/mol. The fourth-order valence-corrected chi connectivity index (χ4v) is 5.93. The molecule has 0 bridgehead atoms. The largest absolute Gasteiger partial charge is 0.336 e. The van der Waals surface area contributed by atoms with Crippen LogP contribution in [0.1, 0.15) is 5.56 Å². The second-order valence-electron chi connectivity index (χ2n) is 9.03. The Morgan fingerprint density at radius 3 is 1.61 bits per heavy atom. The number of benzene rings is 5. The molecule has 0 atom stereocenters. The summed E-state index contributed by atoms with van der Waals surface area (Å²) in [4.78, 5) is 0. The molecule has 8 rings (SSSR count). The maximum absolute atomic E-state index is 2.46. The topological polar surface area (TPSA) is 9.34 Å². The van der Waals surface area contributed by atoms with Crippen LogP contribution >= 0.6 is 0 Å². The van der Waals surface area contributed by atoms with E-state index in [-0.39, 0.29) is 0 Å². The Kier molecular flexibility index (Phi) is 3.22. The Morgan fingerprint density at radius 1 is 0.424 bits per heavy atom. The normalized spacial score (nSPS) is 12.4. The molecular weight excluding hydrogens is 400 g/mol. The Labute approximate surface area is 190 Å². The van der Waals surface area contributed by atoms with Crippen molar-refractivity contribution < 1.29 is 0 Å². The Balaban J connectivity index is 1.42. The zero-order valence-electron chi connectivity index (χ0n) is 18.0. The Bertz CT molecular complexity index is 1950. The van der Waals surface area contributed by atoms with Gasteiger partial charge in [0.15, 0.2) is 0 Å². The molecule has 8 aromatic rings. The average Bonchev–Trinajstić information content (AvgIpc) is 3.50. The summed E-state index contributed by atoms with van der Waals surface area (Å²) >= 11 is 0. The van der Waals surface area contributed by atoms with Crippen molar-refractivity contribution in [3.8, 4) is 0 Å². The van der Waals surface area contributed by atoms with Crippen molar-refractivity contribution >= 4 is 59.9 Å². The minimum absolute atomic E-state index is 0.847. The van der Waals surface area contributed by atoms with Crippen molar-refractivity contribution in [2.24, 2.45) is 0 Å². The number of hydrogen-bond acceptors (Lipinski definition) is 0. The lowest BCUT2D eigenvalue weighted by atomic mass is 10.1. The number of aromatic nitrogens is 2. The van der Waals surface area contributed by atoms with Gasteiger partial charge in [-0.25, -0.2) is 0 Å². The van der Waals surface area contributed by atoms with Gasteiger partial charge < -0.3 is 8.97 Å². The van der Waals surface area contributed by atoms with Crippen molar-refractivity contribution in [2.75, 3.05) is 0 Å². The molecule has 2 heteroatoms. The zero-order valence-corrected chi connectivity index (χ0v) is 18.0. The van der Waals surface area contributed by atoms with Crippen LogP contribution in [0.2, 0.25) is 0 Å². The van der Waals surface area contributed by atoms with Gasteiger partial charge in [-0.3, -0.25) is 0 Å². The summed E-state index contributed by atoms with van der Waals surface area (Å²) in [7, 11) is 0. The van der Waals surface area contributed by atoms with Gasteiger partial charge in [-0.2, -0.15) is 0 Å². The van der Waals surface area contributed by atoms with E-state index in [2.05, 4.69) is 118 Å². The fourth-order valence-electron chi connectivity index (χ4n) is 5.93. The van der Waals surface area contributed by atoms with Crippen LogP contribution in [0.25, 0.3) is 59.9 Å². The molecule has 0 aliphatic rings. The minimum atomic E-state index is 0.847. The molecule has 33 heavy (non-hydrogen) atoms. The molecule has 0 saturated carbocycles. The molecule has 0 amide bonds. The lowest BCUT2D eigenvalue weighted by Crippen LogP contribution is -1.99. The molecule has 0 radical (unpaired) electrons. The molecule has 0 aliphatic carbocycles. The monoisotopic (exact) mass is 420 g/mol. The van der Waals surface area contributed by atoms with Crippen LogP contribution in [-0.2, 0) is 6.54 Å². The standard InChI is InChI=1S/C31H20N2/c1-4-13-27-21(8-1)22-9-2-5-14-28(22)32(27)19-20-16-17-24-26-12-7-11-25-23-10-3-6-15-29(23)33(31(25)26)30(24)18-20/h1-18H,19H2. The van der Waals surface area contributed by atoms with E-state index >= 15 is 0 Å². The first-order valence-electron chi connectivity index (χ1n) is 11.5. The molecule has 0 N–H and O–H groups in total. The number of hydrogen-bond donors (Lipinski definition) is 0. The van der Waals surface area contributed by atoms with Gasteiger partial charge in [0, 0.05) is 49.9 Å². The van der Waals surface area contributed by atoms with E-state index in [9.17, 15) is 0 Å². The summed E-state index contributed by atoms with van der Waals surface area (Å²) in [5.41, 5.74) is 7.81. The molecule has 3 aromatic heterocycles. The summed E-state index contributed by atoms with van der Waals surface area (Å²) in [6.07, 6.45) is 0. The summed E-state index contributed by atoms with van der Waals surface area (Å²) in [5.74, 6) is 0. The summed E-state index contributed by atoms with van der Waals surface area (Å²) in [6.45, 7) is 0.847. The van der Waals surface area contributed by atoms with Crippen LogP contribution in [0.4, 0.5) is 0 Å². The lowest BCUT2D eigenvalue weighted by Gasteiger charge is -2.09. The van der Waals surface area contributed by atoms with E-state index in [1.165, 1.54) is 65.5 Å². The predicted octanol–water partition coefficient (Wildman–Crippen LogP) is 7.99. The third-order valence-corrected chi connectivity index (χ3v) is 7.31. The van der Waals surface area contributed by atoms with Gasteiger partial charge in [0.1, 0.15) is 0 Å². The summed E-state index contributed by atoms with van der Waals surface area (Å²) in [6, 6.07) is 40.0. The second kappa shape index (κ2) is 6.14. The quantitative estimate of drug-likeness (QED) is 0.268. The minimum Gasteiger partial charge on any atom is -0.336 e. The SMILES string of the molecule is c1ccc2c(c1)c1ccccc1n2Cc1ccc2c3cccc4c5ccccc5n(c2c1)c43. The van der Waals surface area contributed by atoms with Gasteiger partial charge in [-0.1, -0.05) is 84.9 Å². The van der Waals surface area contributed by atoms with Crippen LogP contribution in [0.15, 0.2) is 109 Å². The summed E-state index contributed by atoms with van der Waals surface area (Å²) < 4.78 is 4.92. The fraction of sp³-hybridized carbons (Fsp3) is 0.0323. The molecule has 0 fully saturated rings. The highest BCUT2D eigenvalue weighted by atomic mass is 15.0. The molecule has 0 unspecified atom stereocenters. The first kappa shape index (κ1) is 17.3. The number of nitrogens with zero attached hydrogens (tertiary/aromatic N) is 2. The van der Waals surface area contributed by atoms with Crippen LogP contribution in [0.3, 0.4) is 0 Å². The van der Waals surface area contributed by atoms with Crippen LogP contribution < -0.4 is 0 Å². The first-order chi connectivity index (χ1) is 16.4. The van der Waals surface area contributed by atoms with Crippen molar-refractivity contribution in [3.63, 3.8) is 0 Å². The molecule has 2 nitrogen and oxygen atoms in total. The van der Waals surface area contributed by atoms with E-state index in [4.69, 9.17) is 0 Å². The number of para-hydroxylation sites is 4. The third kappa shape index (κ3) is 2.18. The van der Waals surface area contributed by atoms with E-state index < -0.39 is 0 Å². The smallest absolute Gasteiger partial charge is 0.0620 e.